The molecule has 3 aromatic rings. The zero-order valence-corrected chi connectivity index (χ0v) is 14.8. The Morgan fingerprint density at radius 1 is 1.12 bits per heavy atom. The number of aryl methyl sites for hydroxylation is 2. The summed E-state index contributed by atoms with van der Waals surface area (Å²) in [7, 11) is -3.34. The summed E-state index contributed by atoms with van der Waals surface area (Å²) in [5.41, 5.74) is 2.97. The second kappa shape index (κ2) is 6.17. The Morgan fingerprint density at radius 2 is 1.80 bits per heavy atom. The molecule has 130 valence electrons. The second-order valence-electron chi connectivity index (χ2n) is 5.74. The Hall–Kier alpha value is -2.94. The van der Waals surface area contributed by atoms with E-state index >= 15 is 0 Å². The molecule has 2 aromatic heterocycles. The van der Waals surface area contributed by atoms with Crippen LogP contribution in [0.5, 0.6) is 0 Å². The van der Waals surface area contributed by atoms with Gasteiger partial charge in [-0.1, -0.05) is 12.1 Å². The predicted molar refractivity (Wildman–Crippen MR) is 95.4 cm³/mol. The molecule has 2 heterocycles. The highest BCUT2D eigenvalue weighted by atomic mass is 32.2. The molecule has 25 heavy (non-hydrogen) atoms. The molecule has 0 fully saturated rings. The van der Waals surface area contributed by atoms with Crippen LogP contribution in [0.4, 0.5) is 5.69 Å². The van der Waals surface area contributed by atoms with Gasteiger partial charge in [0.25, 0.3) is 5.56 Å². The molecule has 9 heteroatoms. The maximum atomic E-state index is 12.0. The topological polar surface area (TPSA) is 110 Å². The van der Waals surface area contributed by atoms with Gasteiger partial charge in [0, 0.05) is 23.0 Å². The number of hydrogen-bond acceptors (Lipinski definition) is 5. The average Bonchev–Trinajstić information content (AvgIpc) is 2.84. The number of nitrogens with zero attached hydrogens (tertiary/aromatic N) is 3. The van der Waals surface area contributed by atoms with Crippen LogP contribution < -0.4 is 10.3 Å². The van der Waals surface area contributed by atoms with Gasteiger partial charge < -0.3 is 0 Å². The lowest BCUT2D eigenvalue weighted by atomic mass is 10.1. The fourth-order valence-electron chi connectivity index (χ4n) is 2.46. The highest BCUT2D eigenvalue weighted by molar-refractivity contribution is 7.92. The highest BCUT2D eigenvalue weighted by Crippen LogP contribution is 2.20. The van der Waals surface area contributed by atoms with Crippen molar-refractivity contribution in [3.8, 4) is 17.2 Å². The van der Waals surface area contributed by atoms with Crippen molar-refractivity contribution in [3.05, 3.63) is 58.1 Å². The molecule has 3 rings (SSSR count). The molecule has 0 amide bonds. The smallest absolute Gasteiger partial charge is 0.252 e. The van der Waals surface area contributed by atoms with Gasteiger partial charge in [0.2, 0.25) is 16.0 Å². The van der Waals surface area contributed by atoms with Crippen molar-refractivity contribution in [1.82, 2.24) is 19.7 Å². The first-order valence-electron chi connectivity index (χ1n) is 7.44. The van der Waals surface area contributed by atoms with Crippen LogP contribution in [0.3, 0.4) is 0 Å². The first-order valence-corrected chi connectivity index (χ1v) is 9.34. The largest absolute Gasteiger partial charge is 0.291 e. The Kier molecular flexibility index (Phi) is 4.17. The lowest BCUT2D eigenvalue weighted by molar-refractivity contribution is 0.607. The van der Waals surface area contributed by atoms with E-state index in [9.17, 15) is 13.2 Å². The number of benzene rings is 1. The zero-order chi connectivity index (χ0) is 18.2. The standard InChI is InChI=1S/C16H17N5O3S/c1-10-8-11(2)21(19-10)16-17-14(9-15(22)18-16)12-4-6-13(7-5-12)20-25(3,23)24/h4-9,20H,1-3H3,(H,17,18,22). The van der Waals surface area contributed by atoms with Gasteiger partial charge in [-0.25, -0.2) is 18.1 Å². The number of hydrogen-bond donors (Lipinski definition) is 2. The van der Waals surface area contributed by atoms with Gasteiger partial charge in [0.15, 0.2) is 0 Å². The van der Waals surface area contributed by atoms with Gasteiger partial charge in [0.05, 0.1) is 17.6 Å². The molecule has 0 aliphatic rings. The number of aromatic amines is 1. The predicted octanol–water partition coefficient (Wildman–Crippen LogP) is 1.61. The Morgan fingerprint density at radius 3 is 2.36 bits per heavy atom. The van der Waals surface area contributed by atoms with Crippen molar-refractivity contribution >= 4 is 15.7 Å². The summed E-state index contributed by atoms with van der Waals surface area (Å²) in [6.45, 7) is 3.73. The minimum absolute atomic E-state index is 0.300. The SMILES string of the molecule is Cc1cc(C)n(-c2nc(-c3ccc(NS(C)(=O)=O)cc3)cc(=O)[nH]2)n1. The van der Waals surface area contributed by atoms with Crippen molar-refractivity contribution in [3.63, 3.8) is 0 Å². The molecule has 0 saturated carbocycles. The van der Waals surface area contributed by atoms with Crippen LogP contribution in [0.2, 0.25) is 0 Å². The van der Waals surface area contributed by atoms with Crippen molar-refractivity contribution < 1.29 is 8.42 Å². The monoisotopic (exact) mass is 359 g/mol. The van der Waals surface area contributed by atoms with Gasteiger partial charge in [0.1, 0.15) is 0 Å². The van der Waals surface area contributed by atoms with Crippen LogP contribution in [0.15, 0.2) is 41.2 Å². The Bertz CT molecular complexity index is 1080. The summed E-state index contributed by atoms with van der Waals surface area (Å²) in [6.07, 6.45) is 1.08. The number of rotatable bonds is 4. The zero-order valence-electron chi connectivity index (χ0n) is 13.9. The fraction of sp³-hybridized carbons (Fsp3) is 0.188. The summed E-state index contributed by atoms with van der Waals surface area (Å²) in [4.78, 5) is 19.1. The molecular weight excluding hydrogens is 342 g/mol. The first kappa shape index (κ1) is 16.9. The number of aromatic nitrogens is 4. The van der Waals surface area contributed by atoms with Crippen molar-refractivity contribution in [2.24, 2.45) is 0 Å². The quantitative estimate of drug-likeness (QED) is 0.735. The number of anilines is 1. The second-order valence-corrected chi connectivity index (χ2v) is 7.49. The van der Waals surface area contributed by atoms with E-state index in [1.807, 2.05) is 19.9 Å². The third-order valence-corrected chi connectivity index (χ3v) is 4.03. The fourth-order valence-corrected chi connectivity index (χ4v) is 3.02. The van der Waals surface area contributed by atoms with E-state index in [4.69, 9.17) is 0 Å². The number of H-pyrrole nitrogens is 1. The van der Waals surface area contributed by atoms with Crippen LogP contribution in [0, 0.1) is 13.8 Å². The summed E-state index contributed by atoms with van der Waals surface area (Å²) in [5, 5.41) is 4.32. The normalized spacial score (nSPS) is 11.5. The molecule has 0 unspecified atom stereocenters. The molecule has 1 aromatic carbocycles. The van der Waals surface area contributed by atoms with Gasteiger partial charge in [-0.2, -0.15) is 5.10 Å². The maximum absolute atomic E-state index is 12.0. The van der Waals surface area contributed by atoms with E-state index in [2.05, 4.69) is 19.8 Å². The van der Waals surface area contributed by atoms with Gasteiger partial charge >= 0.3 is 0 Å². The lowest BCUT2D eigenvalue weighted by Crippen LogP contribution is -2.14. The van der Waals surface area contributed by atoms with Gasteiger partial charge in [-0.15, -0.1) is 0 Å². The van der Waals surface area contributed by atoms with Crippen LogP contribution in [0.25, 0.3) is 17.2 Å². The van der Waals surface area contributed by atoms with Crippen LogP contribution in [-0.4, -0.2) is 34.4 Å². The van der Waals surface area contributed by atoms with E-state index < -0.39 is 10.0 Å². The van der Waals surface area contributed by atoms with Gasteiger partial charge in [-0.05, 0) is 32.0 Å². The molecule has 0 spiro atoms. The molecule has 0 atom stereocenters. The molecule has 0 aliphatic heterocycles. The minimum atomic E-state index is -3.34. The molecule has 8 nitrogen and oxygen atoms in total. The molecule has 0 aliphatic carbocycles. The van der Waals surface area contributed by atoms with Crippen LogP contribution in [0.1, 0.15) is 11.4 Å². The van der Waals surface area contributed by atoms with E-state index in [0.717, 1.165) is 17.6 Å². The number of sulfonamides is 1. The molecule has 0 radical (unpaired) electrons. The lowest BCUT2D eigenvalue weighted by Gasteiger charge is -2.07. The Balaban J connectivity index is 2.01. The summed E-state index contributed by atoms with van der Waals surface area (Å²) >= 11 is 0. The highest BCUT2D eigenvalue weighted by Gasteiger charge is 2.10. The maximum Gasteiger partial charge on any atom is 0.252 e. The summed E-state index contributed by atoms with van der Waals surface area (Å²) in [5.74, 6) is 0.325. The minimum Gasteiger partial charge on any atom is -0.291 e. The molecular formula is C16H17N5O3S. The van der Waals surface area contributed by atoms with Gasteiger partial charge in [-0.3, -0.25) is 14.5 Å². The summed E-state index contributed by atoms with van der Waals surface area (Å²) in [6, 6.07) is 9.89. The van der Waals surface area contributed by atoms with Crippen molar-refractivity contribution in [2.45, 2.75) is 13.8 Å². The third-order valence-electron chi connectivity index (χ3n) is 3.42. The van der Waals surface area contributed by atoms with E-state index in [1.54, 1.807) is 28.9 Å². The van der Waals surface area contributed by atoms with Crippen LogP contribution >= 0.6 is 0 Å². The molecule has 0 bridgehead atoms. The Labute approximate surface area is 144 Å². The van der Waals surface area contributed by atoms with Crippen molar-refractivity contribution in [2.75, 3.05) is 11.0 Å². The average molecular weight is 359 g/mol. The molecule has 0 saturated heterocycles. The van der Waals surface area contributed by atoms with E-state index in [0.29, 0.717) is 22.9 Å². The molecule has 2 N–H and O–H groups in total. The first-order chi connectivity index (χ1) is 11.7. The third kappa shape index (κ3) is 3.94. The summed E-state index contributed by atoms with van der Waals surface area (Å²) < 4.78 is 26.5. The van der Waals surface area contributed by atoms with Crippen LogP contribution in [-0.2, 0) is 10.0 Å². The van der Waals surface area contributed by atoms with E-state index in [1.165, 1.54) is 6.07 Å². The number of nitrogens with one attached hydrogen (secondary N) is 2. The van der Waals surface area contributed by atoms with E-state index in [-0.39, 0.29) is 5.56 Å². The van der Waals surface area contributed by atoms with Crippen molar-refractivity contribution in [1.29, 1.82) is 0 Å².